The van der Waals surface area contributed by atoms with Gasteiger partial charge >= 0.3 is 0 Å². The van der Waals surface area contributed by atoms with Crippen molar-refractivity contribution in [3.05, 3.63) is 53.1 Å². The van der Waals surface area contributed by atoms with Crippen molar-refractivity contribution < 1.29 is 5.11 Å². The smallest absolute Gasteiger partial charge is 0.115 e. The average Bonchev–Trinajstić information content (AvgIpc) is 2.28. The van der Waals surface area contributed by atoms with Crippen LogP contribution < -0.4 is 0 Å². The molecule has 0 aliphatic rings. The lowest BCUT2D eigenvalue weighted by atomic mass is 10.1. The molecule has 92 valence electrons. The molecule has 0 atom stereocenters. The van der Waals surface area contributed by atoms with Crippen molar-refractivity contribution in [1.29, 1.82) is 0 Å². The maximum Gasteiger partial charge on any atom is 0.115 e. The van der Waals surface area contributed by atoms with E-state index >= 15 is 0 Å². The Morgan fingerprint density at radius 3 is 2.29 bits per heavy atom. The molecule has 17 heavy (non-hydrogen) atoms. The molecule has 1 rings (SSSR count). The number of benzene rings is 1. The third-order valence-corrected chi connectivity index (χ3v) is 2.71. The van der Waals surface area contributed by atoms with Crippen LogP contribution in [0.1, 0.15) is 39.2 Å². The Hall–Kier alpha value is -1.50. The van der Waals surface area contributed by atoms with Crippen molar-refractivity contribution in [3.8, 4) is 5.75 Å². The molecule has 1 aromatic carbocycles. The van der Waals surface area contributed by atoms with Gasteiger partial charge in [0.05, 0.1) is 0 Å². The van der Waals surface area contributed by atoms with Gasteiger partial charge in [-0.2, -0.15) is 0 Å². The zero-order chi connectivity index (χ0) is 12.7. The summed E-state index contributed by atoms with van der Waals surface area (Å²) in [7, 11) is 0. The highest BCUT2D eigenvalue weighted by atomic mass is 16.3. The predicted molar refractivity (Wildman–Crippen MR) is 74.2 cm³/mol. The maximum atomic E-state index is 9.18. The molecule has 0 aliphatic carbocycles. The van der Waals surface area contributed by atoms with Gasteiger partial charge in [0.2, 0.25) is 0 Å². The molecule has 0 heterocycles. The second kappa shape index (κ2) is 6.95. The number of phenols is 1. The summed E-state index contributed by atoms with van der Waals surface area (Å²) in [5.41, 5.74) is 4.05. The minimum absolute atomic E-state index is 0.331. The van der Waals surface area contributed by atoms with Gasteiger partial charge in [0, 0.05) is 0 Å². The third kappa shape index (κ3) is 5.96. The Morgan fingerprint density at radius 2 is 1.71 bits per heavy atom. The molecule has 0 aliphatic heterocycles. The predicted octanol–water partition coefficient (Wildman–Crippen LogP) is 4.63. The summed E-state index contributed by atoms with van der Waals surface area (Å²) in [4.78, 5) is 0. The standard InChI is InChI=1S/C16H22O/c1-13(2)5-4-6-14(3)7-8-15-9-11-16(17)12-10-15/h5,7,9-12,17H,4,6,8H2,1-3H3. The van der Waals surface area contributed by atoms with Crippen molar-refractivity contribution in [2.24, 2.45) is 0 Å². The molecule has 1 heteroatoms. The van der Waals surface area contributed by atoms with Crippen molar-refractivity contribution in [2.45, 2.75) is 40.0 Å². The van der Waals surface area contributed by atoms with E-state index in [1.165, 1.54) is 16.7 Å². The van der Waals surface area contributed by atoms with E-state index in [0.29, 0.717) is 5.75 Å². The number of aromatic hydroxyl groups is 1. The van der Waals surface area contributed by atoms with Crippen molar-refractivity contribution in [1.82, 2.24) is 0 Å². The van der Waals surface area contributed by atoms with E-state index in [2.05, 4.69) is 32.9 Å². The molecule has 0 saturated carbocycles. The second-order valence-corrected chi connectivity index (χ2v) is 4.74. The first-order chi connectivity index (χ1) is 8.08. The van der Waals surface area contributed by atoms with Gasteiger partial charge in [0.15, 0.2) is 0 Å². The highest BCUT2D eigenvalue weighted by molar-refractivity contribution is 5.27. The van der Waals surface area contributed by atoms with Crippen LogP contribution in [0.15, 0.2) is 47.6 Å². The topological polar surface area (TPSA) is 20.2 Å². The first kappa shape index (κ1) is 13.6. The fourth-order valence-electron chi connectivity index (χ4n) is 1.61. The molecular weight excluding hydrogens is 208 g/mol. The highest BCUT2D eigenvalue weighted by Crippen LogP contribution is 2.12. The van der Waals surface area contributed by atoms with E-state index in [9.17, 15) is 5.11 Å². The maximum absolute atomic E-state index is 9.18. The van der Waals surface area contributed by atoms with Crippen LogP contribution in [0, 0.1) is 0 Å². The zero-order valence-electron chi connectivity index (χ0n) is 11.0. The third-order valence-electron chi connectivity index (χ3n) is 2.71. The van der Waals surface area contributed by atoms with Gasteiger partial charge in [-0.05, 0) is 57.7 Å². The number of phenolic OH excluding ortho intramolecular Hbond substituents is 1. The molecule has 1 N–H and O–H groups in total. The largest absolute Gasteiger partial charge is 0.508 e. The normalized spacial score (nSPS) is 11.4. The molecule has 0 fully saturated rings. The summed E-state index contributed by atoms with van der Waals surface area (Å²) >= 11 is 0. The van der Waals surface area contributed by atoms with Crippen molar-refractivity contribution in [2.75, 3.05) is 0 Å². The van der Waals surface area contributed by atoms with Gasteiger partial charge in [0.25, 0.3) is 0 Å². The van der Waals surface area contributed by atoms with Crippen LogP contribution in [0.5, 0.6) is 5.75 Å². The summed E-state index contributed by atoms with van der Waals surface area (Å²) in [6, 6.07) is 7.41. The molecule has 0 saturated heterocycles. The molecule has 0 aromatic heterocycles. The number of allylic oxidation sites excluding steroid dienone is 4. The number of hydrogen-bond acceptors (Lipinski definition) is 1. The van der Waals surface area contributed by atoms with Gasteiger partial charge in [-0.3, -0.25) is 0 Å². The van der Waals surface area contributed by atoms with Crippen molar-refractivity contribution in [3.63, 3.8) is 0 Å². The fraction of sp³-hybridized carbons (Fsp3) is 0.375. The Bertz CT molecular complexity index is 392. The molecule has 1 nitrogen and oxygen atoms in total. The summed E-state index contributed by atoms with van der Waals surface area (Å²) in [5, 5.41) is 9.18. The lowest BCUT2D eigenvalue weighted by Gasteiger charge is -2.01. The first-order valence-corrected chi connectivity index (χ1v) is 6.15. The van der Waals surface area contributed by atoms with Crippen LogP contribution >= 0.6 is 0 Å². The SMILES string of the molecule is CC(C)=CCCC(C)=CCc1ccc(O)cc1. The lowest BCUT2D eigenvalue weighted by molar-refractivity contribution is 0.475. The van der Waals surface area contributed by atoms with Crippen LogP contribution in [0.4, 0.5) is 0 Å². The van der Waals surface area contributed by atoms with Crippen molar-refractivity contribution >= 4 is 0 Å². The lowest BCUT2D eigenvalue weighted by Crippen LogP contribution is -1.83. The number of rotatable bonds is 5. The summed E-state index contributed by atoms with van der Waals surface area (Å²) in [5.74, 6) is 0.331. The average molecular weight is 230 g/mol. The fourth-order valence-corrected chi connectivity index (χ4v) is 1.61. The molecule has 0 spiro atoms. The van der Waals surface area contributed by atoms with E-state index in [1.807, 2.05) is 12.1 Å². The number of hydrogen-bond donors (Lipinski definition) is 1. The zero-order valence-corrected chi connectivity index (χ0v) is 11.0. The molecule has 0 amide bonds. The summed E-state index contributed by atoms with van der Waals surface area (Å²) < 4.78 is 0. The molecule has 0 unspecified atom stereocenters. The first-order valence-electron chi connectivity index (χ1n) is 6.15. The van der Waals surface area contributed by atoms with Crippen LogP contribution in [0.3, 0.4) is 0 Å². The van der Waals surface area contributed by atoms with E-state index in [4.69, 9.17) is 0 Å². The summed E-state index contributed by atoms with van der Waals surface area (Å²) in [6.45, 7) is 6.45. The van der Waals surface area contributed by atoms with Gasteiger partial charge < -0.3 is 5.11 Å². The van der Waals surface area contributed by atoms with Gasteiger partial charge in [-0.15, -0.1) is 0 Å². The molecule has 0 bridgehead atoms. The summed E-state index contributed by atoms with van der Waals surface area (Å²) in [6.07, 6.45) is 7.74. The Kier molecular flexibility index (Phi) is 5.55. The Labute approximate surface area is 104 Å². The van der Waals surface area contributed by atoms with E-state index in [1.54, 1.807) is 12.1 Å². The van der Waals surface area contributed by atoms with Gasteiger partial charge in [-0.1, -0.05) is 35.4 Å². The van der Waals surface area contributed by atoms with Crippen LogP contribution in [-0.4, -0.2) is 5.11 Å². The minimum Gasteiger partial charge on any atom is -0.508 e. The van der Waals surface area contributed by atoms with E-state index < -0.39 is 0 Å². The minimum atomic E-state index is 0.331. The molecule has 0 radical (unpaired) electrons. The molecular formula is C16H22O. The quantitative estimate of drug-likeness (QED) is 0.731. The highest BCUT2D eigenvalue weighted by Gasteiger charge is 1.93. The van der Waals surface area contributed by atoms with Crippen LogP contribution in [0.2, 0.25) is 0 Å². The van der Waals surface area contributed by atoms with Gasteiger partial charge in [0.1, 0.15) is 5.75 Å². The molecule has 1 aromatic rings. The van der Waals surface area contributed by atoms with Crippen LogP contribution in [0.25, 0.3) is 0 Å². The second-order valence-electron chi connectivity index (χ2n) is 4.74. The van der Waals surface area contributed by atoms with E-state index in [0.717, 1.165) is 19.3 Å². The van der Waals surface area contributed by atoms with E-state index in [-0.39, 0.29) is 0 Å². The Balaban J connectivity index is 2.42. The monoisotopic (exact) mass is 230 g/mol. The Morgan fingerprint density at radius 1 is 1.06 bits per heavy atom. The van der Waals surface area contributed by atoms with Crippen LogP contribution in [-0.2, 0) is 6.42 Å². The van der Waals surface area contributed by atoms with Gasteiger partial charge in [-0.25, -0.2) is 0 Å².